The van der Waals surface area contributed by atoms with E-state index in [1.54, 1.807) is 0 Å². The average Bonchev–Trinajstić information content (AvgIpc) is 2.68. The van der Waals surface area contributed by atoms with E-state index in [4.69, 9.17) is 9.47 Å². The third-order valence-corrected chi connectivity index (χ3v) is 4.87. The fraction of sp³-hybridized carbons (Fsp3) is 0.381. The number of ketones is 1. The van der Waals surface area contributed by atoms with Crippen LogP contribution in [0.25, 0.3) is 0 Å². The molecule has 0 N–H and O–H groups in total. The molecule has 1 atom stereocenters. The summed E-state index contributed by atoms with van der Waals surface area (Å²) < 4.78 is 12.0. The van der Waals surface area contributed by atoms with Gasteiger partial charge in [0.2, 0.25) is 0 Å². The minimum absolute atomic E-state index is 0.00477. The number of benzene rings is 2. The minimum Gasteiger partial charge on any atom is -0.486 e. The van der Waals surface area contributed by atoms with Gasteiger partial charge in [-0.15, -0.1) is 0 Å². The molecule has 0 amide bonds. The quantitative estimate of drug-likeness (QED) is 0.800. The van der Waals surface area contributed by atoms with Crippen LogP contribution in [0.1, 0.15) is 35.2 Å². The van der Waals surface area contributed by atoms with Crippen molar-refractivity contribution in [3.63, 3.8) is 0 Å². The number of hydrogen-bond donors (Lipinski definition) is 0. The smallest absolute Gasteiger partial charge is 0.193 e. The number of carbonyl (C=O) groups excluding carboxylic acids is 1. The SMILES string of the molecule is O=C(c1ccccc1)c1ccc2c(c1)OC(CN1CCCCC1)CO2. The lowest BCUT2D eigenvalue weighted by molar-refractivity contribution is 0.0532. The lowest BCUT2D eigenvalue weighted by Crippen LogP contribution is -2.43. The lowest BCUT2D eigenvalue weighted by atomic mass is 10.0. The summed E-state index contributed by atoms with van der Waals surface area (Å²) in [6.45, 7) is 3.73. The van der Waals surface area contributed by atoms with Gasteiger partial charge in [-0.25, -0.2) is 0 Å². The number of fused-ring (bicyclic) bond motifs is 1. The fourth-order valence-corrected chi connectivity index (χ4v) is 3.53. The molecule has 0 saturated carbocycles. The lowest BCUT2D eigenvalue weighted by Gasteiger charge is -2.33. The highest BCUT2D eigenvalue weighted by Gasteiger charge is 2.25. The molecule has 2 heterocycles. The van der Waals surface area contributed by atoms with Gasteiger partial charge in [-0.05, 0) is 44.1 Å². The molecule has 4 rings (SSSR count). The number of likely N-dealkylation sites (tertiary alicyclic amines) is 1. The Balaban J connectivity index is 1.48. The van der Waals surface area contributed by atoms with Crippen LogP contribution >= 0.6 is 0 Å². The molecule has 130 valence electrons. The number of rotatable bonds is 4. The molecule has 1 saturated heterocycles. The Hall–Kier alpha value is -2.33. The molecule has 2 aliphatic rings. The van der Waals surface area contributed by atoms with E-state index >= 15 is 0 Å². The van der Waals surface area contributed by atoms with Crippen molar-refractivity contribution in [2.45, 2.75) is 25.4 Å². The Labute approximate surface area is 148 Å². The summed E-state index contributed by atoms with van der Waals surface area (Å²) in [5.41, 5.74) is 1.32. The molecule has 1 unspecified atom stereocenters. The molecule has 25 heavy (non-hydrogen) atoms. The van der Waals surface area contributed by atoms with Crippen LogP contribution < -0.4 is 9.47 Å². The van der Waals surface area contributed by atoms with Gasteiger partial charge in [0, 0.05) is 17.7 Å². The van der Waals surface area contributed by atoms with Gasteiger partial charge >= 0.3 is 0 Å². The summed E-state index contributed by atoms with van der Waals surface area (Å²) in [7, 11) is 0. The number of hydrogen-bond acceptors (Lipinski definition) is 4. The van der Waals surface area contributed by atoms with Gasteiger partial charge in [-0.3, -0.25) is 9.69 Å². The van der Waals surface area contributed by atoms with E-state index < -0.39 is 0 Å². The number of ether oxygens (including phenoxy) is 2. The highest BCUT2D eigenvalue weighted by atomic mass is 16.6. The number of carbonyl (C=O) groups is 1. The predicted octanol–water partition coefficient (Wildman–Crippen LogP) is 3.54. The van der Waals surface area contributed by atoms with E-state index in [1.165, 1.54) is 19.3 Å². The van der Waals surface area contributed by atoms with E-state index in [0.29, 0.717) is 23.5 Å². The van der Waals surface area contributed by atoms with Crippen molar-refractivity contribution in [2.75, 3.05) is 26.2 Å². The fourth-order valence-electron chi connectivity index (χ4n) is 3.53. The van der Waals surface area contributed by atoms with Crippen molar-refractivity contribution < 1.29 is 14.3 Å². The first-order chi connectivity index (χ1) is 12.3. The summed E-state index contributed by atoms with van der Waals surface area (Å²) in [5, 5.41) is 0. The topological polar surface area (TPSA) is 38.8 Å². The van der Waals surface area contributed by atoms with Crippen LogP contribution in [0.15, 0.2) is 48.5 Å². The van der Waals surface area contributed by atoms with Crippen LogP contribution in [-0.4, -0.2) is 43.0 Å². The molecule has 0 spiro atoms. The van der Waals surface area contributed by atoms with Gasteiger partial charge in [0.25, 0.3) is 0 Å². The summed E-state index contributed by atoms with van der Waals surface area (Å²) in [6, 6.07) is 14.8. The molecule has 0 bridgehead atoms. The van der Waals surface area contributed by atoms with Gasteiger partial charge in [-0.1, -0.05) is 36.8 Å². The van der Waals surface area contributed by atoms with Crippen LogP contribution in [0.5, 0.6) is 11.5 Å². The third-order valence-electron chi connectivity index (χ3n) is 4.87. The van der Waals surface area contributed by atoms with Crippen molar-refractivity contribution in [3.8, 4) is 11.5 Å². The van der Waals surface area contributed by atoms with Gasteiger partial charge in [-0.2, -0.15) is 0 Å². The monoisotopic (exact) mass is 337 g/mol. The Kier molecular flexibility index (Phi) is 4.70. The molecular formula is C21H23NO3. The molecule has 0 aromatic heterocycles. The van der Waals surface area contributed by atoms with Gasteiger partial charge in [0.15, 0.2) is 17.3 Å². The number of piperidine rings is 1. The first-order valence-electron chi connectivity index (χ1n) is 9.05. The van der Waals surface area contributed by atoms with E-state index in [9.17, 15) is 4.79 Å². The van der Waals surface area contributed by atoms with Crippen molar-refractivity contribution in [1.29, 1.82) is 0 Å². The van der Waals surface area contributed by atoms with Crippen molar-refractivity contribution in [1.82, 2.24) is 4.90 Å². The van der Waals surface area contributed by atoms with E-state index in [0.717, 1.165) is 25.4 Å². The average molecular weight is 337 g/mol. The summed E-state index contributed by atoms with van der Waals surface area (Å²) in [4.78, 5) is 15.1. The summed E-state index contributed by atoms with van der Waals surface area (Å²) >= 11 is 0. The van der Waals surface area contributed by atoms with E-state index in [-0.39, 0.29) is 11.9 Å². The Morgan fingerprint density at radius 3 is 2.56 bits per heavy atom. The highest BCUT2D eigenvalue weighted by molar-refractivity contribution is 6.09. The third kappa shape index (κ3) is 3.69. The zero-order chi connectivity index (χ0) is 17.1. The van der Waals surface area contributed by atoms with Gasteiger partial charge < -0.3 is 9.47 Å². The minimum atomic E-state index is 0.00477. The molecule has 2 aliphatic heterocycles. The molecule has 1 fully saturated rings. The van der Waals surface area contributed by atoms with Crippen molar-refractivity contribution in [2.24, 2.45) is 0 Å². The maximum absolute atomic E-state index is 12.6. The second-order valence-corrected chi connectivity index (χ2v) is 6.77. The van der Waals surface area contributed by atoms with Crippen LogP contribution in [0.4, 0.5) is 0 Å². The van der Waals surface area contributed by atoms with Crippen molar-refractivity contribution >= 4 is 5.78 Å². The summed E-state index contributed by atoms with van der Waals surface area (Å²) in [5.74, 6) is 1.40. The molecule has 2 aromatic rings. The maximum atomic E-state index is 12.6. The highest BCUT2D eigenvalue weighted by Crippen LogP contribution is 2.33. The second-order valence-electron chi connectivity index (χ2n) is 6.77. The van der Waals surface area contributed by atoms with Crippen LogP contribution in [-0.2, 0) is 0 Å². The molecule has 4 nitrogen and oxygen atoms in total. The molecule has 0 aliphatic carbocycles. The second kappa shape index (κ2) is 7.28. The first-order valence-corrected chi connectivity index (χ1v) is 9.05. The Bertz CT molecular complexity index is 738. The van der Waals surface area contributed by atoms with Crippen LogP contribution in [0.2, 0.25) is 0 Å². The zero-order valence-corrected chi connectivity index (χ0v) is 14.3. The standard InChI is InChI=1S/C21H23NO3/c23-21(16-7-3-1-4-8-16)17-9-10-19-20(13-17)25-18(15-24-19)14-22-11-5-2-6-12-22/h1,3-4,7-10,13,18H,2,5-6,11-12,14-15H2. The van der Waals surface area contributed by atoms with E-state index in [1.807, 2.05) is 48.5 Å². The first kappa shape index (κ1) is 16.2. The van der Waals surface area contributed by atoms with E-state index in [2.05, 4.69) is 4.90 Å². The predicted molar refractivity (Wildman–Crippen MR) is 96.5 cm³/mol. The molecular weight excluding hydrogens is 314 g/mol. The van der Waals surface area contributed by atoms with Crippen LogP contribution in [0.3, 0.4) is 0 Å². The zero-order valence-electron chi connectivity index (χ0n) is 14.3. The molecule has 4 heteroatoms. The normalized spacial score (nSPS) is 20.2. The Morgan fingerprint density at radius 2 is 1.76 bits per heavy atom. The molecule has 0 radical (unpaired) electrons. The van der Waals surface area contributed by atoms with Gasteiger partial charge in [0.1, 0.15) is 12.7 Å². The maximum Gasteiger partial charge on any atom is 0.193 e. The largest absolute Gasteiger partial charge is 0.486 e. The van der Waals surface area contributed by atoms with Crippen LogP contribution in [0, 0.1) is 0 Å². The van der Waals surface area contributed by atoms with Gasteiger partial charge in [0.05, 0.1) is 0 Å². The summed E-state index contributed by atoms with van der Waals surface area (Å²) in [6.07, 6.45) is 3.87. The Morgan fingerprint density at radius 1 is 0.960 bits per heavy atom. The number of nitrogens with zero attached hydrogens (tertiary/aromatic N) is 1. The molecule has 2 aromatic carbocycles. The van der Waals surface area contributed by atoms with Crippen molar-refractivity contribution in [3.05, 3.63) is 59.7 Å².